The Morgan fingerprint density at radius 2 is 2.00 bits per heavy atom. The average Bonchev–Trinajstić information content (AvgIpc) is 2.42. The normalized spacial score (nSPS) is 11.0. The van der Waals surface area contributed by atoms with E-state index >= 15 is 0 Å². The van der Waals surface area contributed by atoms with Gasteiger partial charge in [0.1, 0.15) is 0 Å². The topological polar surface area (TPSA) is 43.1 Å². The fraction of sp³-hybridized carbons (Fsp3) is 0.467. The van der Waals surface area contributed by atoms with Gasteiger partial charge in [-0.05, 0) is 0 Å². The molecule has 0 amide bonds. The summed E-state index contributed by atoms with van der Waals surface area (Å²) in [6.07, 6.45) is 10.7. The van der Waals surface area contributed by atoms with Crippen molar-refractivity contribution < 1.29 is 4.92 Å². The number of para-hydroxylation sites is 1. The van der Waals surface area contributed by atoms with Gasteiger partial charge < -0.3 is 0 Å². The molecule has 3 nitrogen and oxygen atoms in total. The Labute approximate surface area is 121 Å². The first-order valence-corrected chi connectivity index (χ1v) is 8.83. The van der Waals surface area contributed by atoms with E-state index in [4.69, 9.17) is 0 Å². The Bertz CT molecular complexity index is 418. The third kappa shape index (κ3) is 6.55. The van der Waals surface area contributed by atoms with Crippen molar-refractivity contribution in [3.8, 4) is 0 Å². The number of hydrogen-bond acceptors (Lipinski definition) is 2. The van der Waals surface area contributed by atoms with Crippen molar-refractivity contribution in [3.05, 3.63) is 46.5 Å². The molecule has 1 aromatic carbocycles. The van der Waals surface area contributed by atoms with Crippen molar-refractivity contribution >= 4 is 25.1 Å². The first-order valence-electron chi connectivity index (χ1n) is 6.77. The third-order valence-corrected chi connectivity index (χ3v) is 4.92. The van der Waals surface area contributed by atoms with Crippen LogP contribution < -0.4 is 4.46 Å². The van der Waals surface area contributed by atoms with Crippen molar-refractivity contribution in [1.29, 1.82) is 0 Å². The molecule has 0 aromatic heterocycles. The second-order valence-electron chi connectivity index (χ2n) is 4.36. The minimum atomic E-state index is -0.286. The summed E-state index contributed by atoms with van der Waals surface area (Å²) in [5.74, 6) is 0. The zero-order chi connectivity index (χ0) is 13.9. The molecule has 19 heavy (non-hydrogen) atoms. The molecule has 1 aromatic rings. The van der Waals surface area contributed by atoms with Gasteiger partial charge in [-0.15, -0.1) is 0 Å². The first kappa shape index (κ1) is 15.9. The maximum absolute atomic E-state index is 10.9. The van der Waals surface area contributed by atoms with Crippen molar-refractivity contribution in [2.45, 2.75) is 44.3 Å². The van der Waals surface area contributed by atoms with Crippen LogP contribution in [0.4, 0.5) is 5.69 Å². The van der Waals surface area contributed by atoms with Gasteiger partial charge in [-0.2, -0.15) is 0 Å². The van der Waals surface area contributed by atoms with Gasteiger partial charge in [0.15, 0.2) is 0 Å². The number of nitro benzene ring substituents is 1. The molecule has 0 saturated heterocycles. The van der Waals surface area contributed by atoms with Crippen molar-refractivity contribution in [3.63, 3.8) is 0 Å². The molecule has 4 heteroatoms. The molecular weight excluding hydrogens is 305 g/mol. The molecule has 0 saturated carbocycles. The Balaban J connectivity index is 2.29. The van der Waals surface area contributed by atoms with E-state index in [0.717, 1.165) is 16.2 Å². The van der Waals surface area contributed by atoms with Crippen LogP contribution in [-0.2, 0) is 0 Å². The maximum atomic E-state index is 10.9. The van der Waals surface area contributed by atoms with Crippen molar-refractivity contribution in [2.24, 2.45) is 0 Å². The summed E-state index contributed by atoms with van der Waals surface area (Å²) in [4.78, 5) is 10.6. The van der Waals surface area contributed by atoms with Gasteiger partial charge in [-0.3, -0.25) is 0 Å². The zero-order valence-corrected chi connectivity index (χ0v) is 13.1. The second-order valence-corrected chi connectivity index (χ2v) is 6.58. The van der Waals surface area contributed by atoms with E-state index in [0.29, 0.717) is 0 Å². The molecule has 0 aliphatic rings. The molecule has 0 aliphatic carbocycles. The molecule has 1 rings (SSSR count). The molecule has 0 fully saturated rings. The Hall–Kier alpha value is -1.12. The number of benzene rings is 1. The van der Waals surface area contributed by atoms with Crippen LogP contribution in [0.3, 0.4) is 0 Å². The van der Waals surface area contributed by atoms with E-state index < -0.39 is 0 Å². The second kappa shape index (κ2) is 9.76. The quantitative estimate of drug-likeness (QED) is 0.227. The van der Waals surface area contributed by atoms with E-state index in [1.807, 2.05) is 12.1 Å². The molecular formula is C15H21NO2Se. The molecule has 0 bridgehead atoms. The number of unbranched alkanes of at least 4 members (excludes halogenated alkanes) is 4. The summed E-state index contributed by atoms with van der Waals surface area (Å²) in [6.45, 7) is 2.21. The van der Waals surface area contributed by atoms with E-state index in [1.54, 1.807) is 12.1 Å². The van der Waals surface area contributed by atoms with Crippen LogP contribution in [0.5, 0.6) is 0 Å². The van der Waals surface area contributed by atoms with Gasteiger partial charge in [0.25, 0.3) is 0 Å². The predicted octanol–water partition coefficient (Wildman–Crippen LogP) is 3.87. The average molecular weight is 326 g/mol. The number of rotatable bonds is 9. The number of nitro groups is 1. The summed E-state index contributed by atoms with van der Waals surface area (Å²) >= 11 is 0.156. The van der Waals surface area contributed by atoms with Crippen LogP contribution in [0.15, 0.2) is 36.4 Å². The Morgan fingerprint density at radius 3 is 2.74 bits per heavy atom. The molecule has 0 unspecified atom stereocenters. The van der Waals surface area contributed by atoms with E-state index in [-0.39, 0.29) is 25.6 Å². The van der Waals surface area contributed by atoms with Crippen molar-refractivity contribution in [1.82, 2.24) is 0 Å². The standard InChI is InChI=1S/C15H21NO2Se/c1-2-3-4-5-6-7-10-13-19-15-12-9-8-11-14(15)16(17)18/h7-12H,2-6,13H2,1H3/b10-7-. The SMILES string of the molecule is CCCCCC/C=C\C[Se]c1ccccc1[N+](=O)[O-]. The summed E-state index contributed by atoms with van der Waals surface area (Å²) in [5.41, 5.74) is 0.263. The van der Waals surface area contributed by atoms with E-state index in [2.05, 4.69) is 19.1 Å². The van der Waals surface area contributed by atoms with E-state index in [9.17, 15) is 10.1 Å². The molecule has 0 heterocycles. The van der Waals surface area contributed by atoms with Gasteiger partial charge in [0.05, 0.1) is 0 Å². The summed E-state index contributed by atoms with van der Waals surface area (Å²) in [7, 11) is 0. The monoisotopic (exact) mass is 327 g/mol. The molecule has 104 valence electrons. The van der Waals surface area contributed by atoms with Crippen LogP contribution in [0, 0.1) is 10.1 Å². The fourth-order valence-electron chi connectivity index (χ4n) is 1.74. The Kier molecular flexibility index (Phi) is 8.19. The van der Waals surface area contributed by atoms with Crippen LogP contribution in [-0.4, -0.2) is 19.9 Å². The van der Waals surface area contributed by atoms with Gasteiger partial charge in [-0.25, -0.2) is 0 Å². The number of allylic oxidation sites excluding steroid dienone is 2. The van der Waals surface area contributed by atoms with Gasteiger partial charge in [0, 0.05) is 0 Å². The first-order chi connectivity index (χ1) is 9.25. The van der Waals surface area contributed by atoms with Gasteiger partial charge >= 0.3 is 121 Å². The van der Waals surface area contributed by atoms with Gasteiger partial charge in [-0.1, -0.05) is 0 Å². The molecule has 0 N–H and O–H groups in total. The van der Waals surface area contributed by atoms with Crippen LogP contribution in [0.2, 0.25) is 5.32 Å². The zero-order valence-electron chi connectivity index (χ0n) is 11.4. The third-order valence-electron chi connectivity index (χ3n) is 2.79. The minimum absolute atomic E-state index is 0.156. The van der Waals surface area contributed by atoms with Gasteiger partial charge in [0.2, 0.25) is 0 Å². The van der Waals surface area contributed by atoms with Crippen LogP contribution in [0.25, 0.3) is 0 Å². The Morgan fingerprint density at radius 1 is 1.21 bits per heavy atom. The number of hydrogen-bond donors (Lipinski definition) is 0. The molecule has 0 atom stereocenters. The summed E-state index contributed by atoms with van der Waals surface area (Å²) in [6, 6.07) is 7.05. The molecule has 0 radical (unpaired) electrons. The number of nitrogens with zero attached hydrogens (tertiary/aromatic N) is 1. The predicted molar refractivity (Wildman–Crippen MR) is 81.2 cm³/mol. The van der Waals surface area contributed by atoms with Crippen molar-refractivity contribution in [2.75, 3.05) is 0 Å². The van der Waals surface area contributed by atoms with E-state index in [1.165, 1.54) is 25.7 Å². The molecule has 0 aliphatic heterocycles. The summed E-state index contributed by atoms with van der Waals surface area (Å²) < 4.78 is 0.885. The summed E-state index contributed by atoms with van der Waals surface area (Å²) in [5, 5.41) is 11.8. The van der Waals surface area contributed by atoms with Crippen LogP contribution >= 0.6 is 0 Å². The fourth-order valence-corrected chi connectivity index (χ4v) is 3.58. The molecule has 0 spiro atoms. The van der Waals surface area contributed by atoms with Crippen LogP contribution in [0.1, 0.15) is 39.0 Å².